The summed E-state index contributed by atoms with van der Waals surface area (Å²) in [6, 6.07) is 15.0. The molecule has 1 aliphatic heterocycles. The SMILES string of the molecule is Nc1ccccc1C(=O)N1CCN(c2ccccc2Cl)CC1. The monoisotopic (exact) mass is 315 g/mol. The van der Waals surface area contributed by atoms with Gasteiger partial charge in [0.1, 0.15) is 0 Å². The van der Waals surface area contributed by atoms with Crippen LogP contribution >= 0.6 is 11.6 Å². The Kier molecular flexibility index (Phi) is 4.20. The van der Waals surface area contributed by atoms with Crippen molar-refractivity contribution in [3.63, 3.8) is 0 Å². The van der Waals surface area contributed by atoms with Gasteiger partial charge in [0, 0.05) is 31.9 Å². The molecule has 0 spiro atoms. The number of nitrogen functional groups attached to an aromatic ring is 1. The van der Waals surface area contributed by atoms with Gasteiger partial charge in [0.2, 0.25) is 0 Å². The molecule has 3 rings (SSSR count). The van der Waals surface area contributed by atoms with Crippen LogP contribution in [0, 0.1) is 0 Å². The van der Waals surface area contributed by atoms with E-state index in [1.54, 1.807) is 12.1 Å². The summed E-state index contributed by atoms with van der Waals surface area (Å²) < 4.78 is 0. The predicted octanol–water partition coefficient (Wildman–Crippen LogP) is 2.88. The standard InChI is InChI=1S/C17H18ClN3O/c18-14-6-2-4-8-16(14)20-9-11-21(12-10-20)17(22)13-5-1-3-7-15(13)19/h1-8H,9-12,19H2. The summed E-state index contributed by atoms with van der Waals surface area (Å²) in [5, 5.41) is 0.745. The van der Waals surface area contributed by atoms with Crippen LogP contribution in [0.25, 0.3) is 0 Å². The Labute approximate surface area is 135 Å². The predicted molar refractivity (Wildman–Crippen MR) is 90.4 cm³/mol. The van der Waals surface area contributed by atoms with Crippen LogP contribution in [-0.4, -0.2) is 37.0 Å². The molecule has 2 aromatic rings. The van der Waals surface area contributed by atoms with Crippen molar-refractivity contribution in [1.29, 1.82) is 0 Å². The lowest BCUT2D eigenvalue weighted by atomic mass is 10.1. The molecule has 5 heteroatoms. The molecule has 0 saturated carbocycles. The first-order valence-electron chi connectivity index (χ1n) is 7.30. The van der Waals surface area contributed by atoms with Gasteiger partial charge in [-0.2, -0.15) is 0 Å². The first-order chi connectivity index (χ1) is 10.7. The van der Waals surface area contributed by atoms with Crippen LogP contribution in [0.4, 0.5) is 11.4 Å². The number of benzene rings is 2. The van der Waals surface area contributed by atoms with Crippen molar-refractivity contribution in [2.75, 3.05) is 36.8 Å². The van der Waals surface area contributed by atoms with Crippen molar-refractivity contribution >= 4 is 28.9 Å². The summed E-state index contributed by atoms with van der Waals surface area (Å²) in [5.74, 6) is -0.00286. The van der Waals surface area contributed by atoms with Crippen LogP contribution in [0.3, 0.4) is 0 Å². The van der Waals surface area contributed by atoms with Crippen molar-refractivity contribution in [2.24, 2.45) is 0 Å². The molecule has 0 unspecified atom stereocenters. The van der Waals surface area contributed by atoms with Crippen molar-refractivity contribution in [1.82, 2.24) is 4.90 Å². The van der Waals surface area contributed by atoms with Crippen molar-refractivity contribution in [3.05, 3.63) is 59.1 Å². The normalized spacial score (nSPS) is 15.0. The zero-order valence-electron chi connectivity index (χ0n) is 12.2. The van der Waals surface area contributed by atoms with Crippen LogP contribution in [0.5, 0.6) is 0 Å². The highest BCUT2D eigenvalue weighted by molar-refractivity contribution is 6.33. The molecule has 1 fully saturated rings. The zero-order valence-corrected chi connectivity index (χ0v) is 13.0. The first kappa shape index (κ1) is 14.7. The smallest absolute Gasteiger partial charge is 0.256 e. The molecular formula is C17H18ClN3O. The quantitative estimate of drug-likeness (QED) is 0.867. The third-order valence-electron chi connectivity index (χ3n) is 3.95. The van der Waals surface area contributed by atoms with Gasteiger partial charge in [0.05, 0.1) is 16.3 Å². The Balaban J connectivity index is 1.68. The molecular weight excluding hydrogens is 298 g/mol. The number of nitrogens with two attached hydrogens (primary N) is 1. The zero-order chi connectivity index (χ0) is 15.5. The lowest BCUT2D eigenvalue weighted by Crippen LogP contribution is -2.49. The number of amides is 1. The van der Waals surface area contributed by atoms with Gasteiger partial charge in [-0.15, -0.1) is 0 Å². The number of carbonyl (C=O) groups is 1. The number of rotatable bonds is 2. The number of halogens is 1. The molecule has 1 amide bonds. The van der Waals surface area contributed by atoms with Gasteiger partial charge in [-0.25, -0.2) is 0 Å². The average Bonchev–Trinajstić information content (AvgIpc) is 2.55. The van der Waals surface area contributed by atoms with Gasteiger partial charge in [-0.05, 0) is 24.3 Å². The minimum atomic E-state index is -0.00286. The molecule has 4 nitrogen and oxygen atoms in total. The van der Waals surface area contributed by atoms with Gasteiger partial charge in [-0.3, -0.25) is 4.79 Å². The molecule has 0 atom stereocenters. The van der Waals surface area contributed by atoms with E-state index in [0.29, 0.717) is 24.3 Å². The molecule has 114 valence electrons. The Morgan fingerprint density at radius 2 is 1.59 bits per heavy atom. The van der Waals surface area contributed by atoms with Gasteiger partial charge in [0.15, 0.2) is 0 Å². The Morgan fingerprint density at radius 3 is 2.27 bits per heavy atom. The van der Waals surface area contributed by atoms with Crippen molar-refractivity contribution in [2.45, 2.75) is 0 Å². The molecule has 0 bridgehead atoms. The highest BCUT2D eigenvalue weighted by Crippen LogP contribution is 2.26. The molecule has 2 N–H and O–H groups in total. The van der Waals surface area contributed by atoms with E-state index in [2.05, 4.69) is 4.90 Å². The fourth-order valence-corrected chi connectivity index (χ4v) is 2.98. The summed E-state index contributed by atoms with van der Waals surface area (Å²) in [4.78, 5) is 16.6. The summed E-state index contributed by atoms with van der Waals surface area (Å²) >= 11 is 6.23. The van der Waals surface area contributed by atoms with Crippen LogP contribution in [0.2, 0.25) is 5.02 Å². The number of hydrogen-bond acceptors (Lipinski definition) is 3. The Hall–Kier alpha value is -2.20. The van der Waals surface area contributed by atoms with E-state index in [1.807, 2.05) is 41.3 Å². The van der Waals surface area contributed by atoms with E-state index in [-0.39, 0.29) is 5.91 Å². The molecule has 0 aliphatic carbocycles. The minimum Gasteiger partial charge on any atom is -0.398 e. The van der Waals surface area contributed by atoms with Gasteiger partial charge < -0.3 is 15.5 Å². The third-order valence-corrected chi connectivity index (χ3v) is 4.27. The molecule has 22 heavy (non-hydrogen) atoms. The van der Waals surface area contributed by atoms with Crippen molar-refractivity contribution in [3.8, 4) is 0 Å². The first-order valence-corrected chi connectivity index (χ1v) is 7.68. The van der Waals surface area contributed by atoms with E-state index in [0.717, 1.165) is 23.8 Å². The summed E-state index contributed by atoms with van der Waals surface area (Å²) in [6.07, 6.45) is 0. The summed E-state index contributed by atoms with van der Waals surface area (Å²) in [5.41, 5.74) is 8.02. The van der Waals surface area contributed by atoms with Crippen LogP contribution in [0.1, 0.15) is 10.4 Å². The molecule has 0 aromatic heterocycles. The van der Waals surface area contributed by atoms with E-state index in [9.17, 15) is 4.79 Å². The van der Waals surface area contributed by atoms with E-state index >= 15 is 0 Å². The van der Waals surface area contributed by atoms with Gasteiger partial charge in [-0.1, -0.05) is 35.9 Å². The highest BCUT2D eigenvalue weighted by atomic mass is 35.5. The largest absolute Gasteiger partial charge is 0.398 e. The van der Waals surface area contributed by atoms with E-state index in [1.165, 1.54) is 0 Å². The Bertz CT molecular complexity index is 681. The fraction of sp³-hybridized carbons (Fsp3) is 0.235. The molecule has 1 heterocycles. The van der Waals surface area contributed by atoms with Gasteiger partial charge >= 0.3 is 0 Å². The van der Waals surface area contributed by atoms with E-state index < -0.39 is 0 Å². The van der Waals surface area contributed by atoms with Crippen LogP contribution < -0.4 is 10.6 Å². The number of nitrogens with zero attached hydrogens (tertiary/aromatic N) is 2. The molecule has 0 radical (unpaired) electrons. The maximum atomic E-state index is 12.5. The van der Waals surface area contributed by atoms with Crippen LogP contribution in [-0.2, 0) is 0 Å². The third kappa shape index (κ3) is 2.88. The number of para-hydroxylation sites is 2. The maximum absolute atomic E-state index is 12.5. The number of hydrogen-bond donors (Lipinski definition) is 1. The number of piperazine rings is 1. The Morgan fingerprint density at radius 1 is 0.955 bits per heavy atom. The topological polar surface area (TPSA) is 49.6 Å². The summed E-state index contributed by atoms with van der Waals surface area (Å²) in [6.45, 7) is 2.86. The highest BCUT2D eigenvalue weighted by Gasteiger charge is 2.24. The average molecular weight is 316 g/mol. The maximum Gasteiger partial charge on any atom is 0.256 e. The molecule has 1 saturated heterocycles. The molecule has 2 aromatic carbocycles. The van der Waals surface area contributed by atoms with Gasteiger partial charge in [0.25, 0.3) is 5.91 Å². The minimum absolute atomic E-state index is 0.00286. The lowest BCUT2D eigenvalue weighted by Gasteiger charge is -2.36. The molecule has 1 aliphatic rings. The second kappa shape index (κ2) is 6.28. The lowest BCUT2D eigenvalue weighted by molar-refractivity contribution is 0.0748. The number of anilines is 2. The van der Waals surface area contributed by atoms with Crippen molar-refractivity contribution < 1.29 is 4.79 Å². The second-order valence-electron chi connectivity index (χ2n) is 5.32. The fourth-order valence-electron chi connectivity index (χ4n) is 2.72. The second-order valence-corrected chi connectivity index (χ2v) is 5.73. The number of carbonyl (C=O) groups excluding carboxylic acids is 1. The van der Waals surface area contributed by atoms with Crippen LogP contribution in [0.15, 0.2) is 48.5 Å². The van der Waals surface area contributed by atoms with E-state index in [4.69, 9.17) is 17.3 Å². The summed E-state index contributed by atoms with van der Waals surface area (Å²) in [7, 11) is 0.